The SMILES string of the molecule is CCCOc1ccc(S(=O)(=O)N(C)CCC(=O)OC)cc1. The smallest absolute Gasteiger partial charge is 0.306 e. The second-order valence-corrected chi connectivity index (χ2v) is 6.52. The molecule has 7 heteroatoms. The molecule has 0 fully saturated rings. The number of ether oxygens (including phenoxy) is 2. The van der Waals surface area contributed by atoms with Crippen molar-refractivity contribution in [2.75, 3.05) is 27.3 Å². The van der Waals surface area contributed by atoms with Crippen LogP contribution < -0.4 is 4.74 Å². The predicted molar refractivity (Wildman–Crippen MR) is 78.7 cm³/mol. The van der Waals surface area contributed by atoms with E-state index in [1.54, 1.807) is 12.1 Å². The molecule has 0 aliphatic heterocycles. The van der Waals surface area contributed by atoms with Crippen LogP contribution in [-0.2, 0) is 19.6 Å². The Kier molecular flexibility index (Phi) is 6.64. The minimum absolute atomic E-state index is 0.0178. The van der Waals surface area contributed by atoms with E-state index in [2.05, 4.69) is 4.74 Å². The predicted octanol–water partition coefficient (Wildman–Crippen LogP) is 1.66. The highest BCUT2D eigenvalue weighted by Gasteiger charge is 2.21. The van der Waals surface area contributed by atoms with Crippen molar-refractivity contribution >= 4 is 16.0 Å². The average molecular weight is 315 g/mol. The van der Waals surface area contributed by atoms with Crippen LogP contribution >= 0.6 is 0 Å². The van der Waals surface area contributed by atoms with E-state index in [0.717, 1.165) is 10.7 Å². The monoisotopic (exact) mass is 315 g/mol. The van der Waals surface area contributed by atoms with E-state index in [-0.39, 0.29) is 17.9 Å². The maximum absolute atomic E-state index is 12.3. The van der Waals surface area contributed by atoms with Gasteiger partial charge in [0.25, 0.3) is 0 Å². The average Bonchev–Trinajstić information content (AvgIpc) is 2.50. The zero-order valence-electron chi connectivity index (χ0n) is 12.5. The lowest BCUT2D eigenvalue weighted by atomic mass is 10.3. The molecule has 0 saturated heterocycles. The van der Waals surface area contributed by atoms with Crippen molar-refractivity contribution in [2.45, 2.75) is 24.7 Å². The molecule has 0 bridgehead atoms. The fourth-order valence-electron chi connectivity index (χ4n) is 1.58. The molecule has 118 valence electrons. The maximum Gasteiger partial charge on any atom is 0.306 e. The highest BCUT2D eigenvalue weighted by Crippen LogP contribution is 2.19. The molecule has 1 rings (SSSR count). The molecule has 0 radical (unpaired) electrons. The summed E-state index contributed by atoms with van der Waals surface area (Å²) in [6.45, 7) is 2.66. The topological polar surface area (TPSA) is 72.9 Å². The van der Waals surface area contributed by atoms with Gasteiger partial charge in [-0.15, -0.1) is 0 Å². The number of carbonyl (C=O) groups excluding carboxylic acids is 1. The quantitative estimate of drug-likeness (QED) is 0.682. The molecular formula is C14H21NO5S. The normalized spacial score (nSPS) is 11.4. The van der Waals surface area contributed by atoms with Gasteiger partial charge in [-0.05, 0) is 30.7 Å². The second kappa shape index (κ2) is 7.99. The minimum Gasteiger partial charge on any atom is -0.494 e. The van der Waals surface area contributed by atoms with Gasteiger partial charge in [-0.25, -0.2) is 12.7 Å². The van der Waals surface area contributed by atoms with Crippen LogP contribution in [0.15, 0.2) is 29.2 Å². The van der Waals surface area contributed by atoms with Gasteiger partial charge in [0.05, 0.1) is 25.0 Å². The van der Waals surface area contributed by atoms with Gasteiger partial charge in [-0.3, -0.25) is 4.79 Å². The van der Waals surface area contributed by atoms with Gasteiger partial charge in [0.15, 0.2) is 0 Å². The summed E-state index contributed by atoms with van der Waals surface area (Å²) in [6, 6.07) is 6.23. The summed E-state index contributed by atoms with van der Waals surface area (Å²) < 4.78 is 35.6. The Morgan fingerprint density at radius 3 is 2.38 bits per heavy atom. The zero-order chi connectivity index (χ0) is 15.9. The van der Waals surface area contributed by atoms with E-state index in [0.29, 0.717) is 12.4 Å². The Balaban J connectivity index is 2.75. The van der Waals surface area contributed by atoms with E-state index in [9.17, 15) is 13.2 Å². The zero-order valence-corrected chi connectivity index (χ0v) is 13.4. The molecule has 0 unspecified atom stereocenters. The molecule has 0 atom stereocenters. The number of hydrogen-bond donors (Lipinski definition) is 0. The van der Waals surface area contributed by atoms with Crippen molar-refractivity contribution in [2.24, 2.45) is 0 Å². The highest BCUT2D eigenvalue weighted by molar-refractivity contribution is 7.89. The first-order valence-corrected chi connectivity index (χ1v) is 8.11. The first-order valence-electron chi connectivity index (χ1n) is 6.67. The lowest BCUT2D eigenvalue weighted by Gasteiger charge is -2.16. The minimum atomic E-state index is -3.61. The van der Waals surface area contributed by atoms with Crippen molar-refractivity contribution in [3.63, 3.8) is 0 Å². The van der Waals surface area contributed by atoms with Crippen LogP contribution in [-0.4, -0.2) is 46.0 Å². The second-order valence-electron chi connectivity index (χ2n) is 4.47. The Morgan fingerprint density at radius 2 is 1.86 bits per heavy atom. The lowest BCUT2D eigenvalue weighted by molar-refractivity contribution is -0.140. The molecule has 0 spiro atoms. The van der Waals surface area contributed by atoms with E-state index in [4.69, 9.17) is 4.74 Å². The molecule has 0 heterocycles. The Hall–Kier alpha value is -1.60. The van der Waals surface area contributed by atoms with Crippen LogP contribution in [0, 0.1) is 0 Å². The summed E-state index contributed by atoms with van der Waals surface area (Å²) in [4.78, 5) is 11.2. The summed E-state index contributed by atoms with van der Waals surface area (Å²) in [5, 5.41) is 0. The number of rotatable bonds is 8. The standard InChI is InChI=1S/C14H21NO5S/c1-4-11-20-12-5-7-13(8-6-12)21(17,18)15(2)10-9-14(16)19-3/h5-8H,4,9-11H2,1-3H3. The molecular weight excluding hydrogens is 294 g/mol. The summed E-state index contributed by atoms with van der Waals surface area (Å²) in [7, 11) is -0.910. The number of nitrogens with zero attached hydrogens (tertiary/aromatic N) is 1. The molecule has 0 aliphatic carbocycles. The summed E-state index contributed by atoms with van der Waals surface area (Å²) >= 11 is 0. The largest absolute Gasteiger partial charge is 0.494 e. The van der Waals surface area contributed by atoms with Gasteiger partial charge in [0, 0.05) is 13.6 Å². The number of carbonyl (C=O) groups is 1. The molecule has 1 aromatic rings. The van der Waals surface area contributed by atoms with E-state index >= 15 is 0 Å². The molecule has 0 aliphatic rings. The number of esters is 1. The fourth-order valence-corrected chi connectivity index (χ4v) is 2.75. The van der Waals surface area contributed by atoms with E-state index in [1.807, 2.05) is 6.92 Å². The third-order valence-electron chi connectivity index (χ3n) is 2.86. The third kappa shape index (κ3) is 5.02. The first-order chi connectivity index (χ1) is 9.91. The van der Waals surface area contributed by atoms with Crippen LogP contribution in [0.3, 0.4) is 0 Å². The van der Waals surface area contributed by atoms with Crippen molar-refractivity contribution in [3.05, 3.63) is 24.3 Å². The van der Waals surface area contributed by atoms with Crippen molar-refractivity contribution in [1.29, 1.82) is 0 Å². The van der Waals surface area contributed by atoms with Gasteiger partial charge in [0.2, 0.25) is 10.0 Å². The first kappa shape index (κ1) is 17.5. The summed E-state index contributed by atoms with van der Waals surface area (Å²) in [6.07, 6.45) is 0.903. The van der Waals surface area contributed by atoms with Crippen LogP contribution in [0.1, 0.15) is 19.8 Å². The number of sulfonamides is 1. The van der Waals surface area contributed by atoms with Gasteiger partial charge in [-0.2, -0.15) is 0 Å². The van der Waals surface area contributed by atoms with E-state index < -0.39 is 16.0 Å². The highest BCUT2D eigenvalue weighted by atomic mass is 32.2. The molecule has 0 saturated carbocycles. The van der Waals surface area contributed by atoms with Crippen LogP contribution in [0.2, 0.25) is 0 Å². The molecule has 6 nitrogen and oxygen atoms in total. The van der Waals surface area contributed by atoms with Crippen LogP contribution in [0.4, 0.5) is 0 Å². The van der Waals surface area contributed by atoms with Crippen LogP contribution in [0.25, 0.3) is 0 Å². The van der Waals surface area contributed by atoms with Crippen molar-refractivity contribution in [1.82, 2.24) is 4.31 Å². The van der Waals surface area contributed by atoms with Crippen molar-refractivity contribution < 1.29 is 22.7 Å². The van der Waals surface area contributed by atoms with Gasteiger partial charge >= 0.3 is 5.97 Å². The lowest BCUT2D eigenvalue weighted by Crippen LogP contribution is -2.29. The molecule has 0 aromatic heterocycles. The number of benzene rings is 1. The Labute approximate surface area is 125 Å². The number of hydrogen-bond acceptors (Lipinski definition) is 5. The van der Waals surface area contributed by atoms with Gasteiger partial charge in [0.1, 0.15) is 5.75 Å². The van der Waals surface area contributed by atoms with E-state index in [1.165, 1.54) is 26.3 Å². The summed E-state index contributed by atoms with van der Waals surface area (Å²) in [5.74, 6) is 0.188. The molecule has 21 heavy (non-hydrogen) atoms. The molecule has 1 aromatic carbocycles. The molecule has 0 N–H and O–H groups in total. The van der Waals surface area contributed by atoms with Crippen LogP contribution in [0.5, 0.6) is 5.75 Å². The van der Waals surface area contributed by atoms with Gasteiger partial charge < -0.3 is 9.47 Å². The fraction of sp³-hybridized carbons (Fsp3) is 0.500. The van der Waals surface area contributed by atoms with Crippen molar-refractivity contribution in [3.8, 4) is 5.75 Å². The number of methoxy groups -OCH3 is 1. The molecule has 0 amide bonds. The maximum atomic E-state index is 12.3. The Bertz CT molecular complexity index is 553. The third-order valence-corrected chi connectivity index (χ3v) is 4.73. The van der Waals surface area contributed by atoms with Gasteiger partial charge in [-0.1, -0.05) is 6.92 Å². The Morgan fingerprint density at radius 1 is 1.24 bits per heavy atom. The summed E-state index contributed by atoms with van der Waals surface area (Å²) in [5.41, 5.74) is 0.